The molecule has 7 heteroatoms. The predicted molar refractivity (Wildman–Crippen MR) is 96.4 cm³/mol. The number of hydrogen-bond acceptors (Lipinski definition) is 5. The summed E-state index contributed by atoms with van der Waals surface area (Å²) in [5.74, 6) is -0.857. The van der Waals surface area contributed by atoms with Crippen molar-refractivity contribution >= 4 is 32.6 Å². The van der Waals surface area contributed by atoms with Gasteiger partial charge in [-0.05, 0) is 37.3 Å². The fourth-order valence-electron chi connectivity index (χ4n) is 2.36. The van der Waals surface area contributed by atoms with E-state index in [1.807, 2.05) is 42.8 Å². The van der Waals surface area contributed by atoms with Crippen LogP contribution in [0.25, 0.3) is 11.0 Å². The summed E-state index contributed by atoms with van der Waals surface area (Å²) in [7, 11) is -0.162. The lowest BCUT2D eigenvalue weighted by Crippen LogP contribution is -2.30. The van der Waals surface area contributed by atoms with Crippen molar-refractivity contribution < 1.29 is 17.6 Å². The number of hydrogen-bond donors (Lipinski definition) is 1. The van der Waals surface area contributed by atoms with Crippen molar-refractivity contribution in [2.24, 2.45) is 0 Å². The molecule has 0 radical (unpaired) electrons. The molecular weight excluding hydrogens is 340 g/mol. The number of amides is 1. The minimum Gasteiger partial charge on any atom is -0.451 e. The number of carbonyl (C=O) groups is 1. The van der Waals surface area contributed by atoms with Gasteiger partial charge in [-0.2, -0.15) is 0 Å². The van der Waals surface area contributed by atoms with Gasteiger partial charge in [0.05, 0.1) is 4.90 Å². The summed E-state index contributed by atoms with van der Waals surface area (Å²) < 4.78 is 32.2. The summed E-state index contributed by atoms with van der Waals surface area (Å²) in [6.07, 6.45) is 0. The molecule has 1 amide bonds. The van der Waals surface area contributed by atoms with E-state index in [2.05, 4.69) is 0 Å². The monoisotopic (exact) mass is 358 g/mol. The Balaban J connectivity index is 1.87. The zero-order valence-electron chi connectivity index (χ0n) is 14.1. The van der Waals surface area contributed by atoms with Crippen LogP contribution in [0.15, 0.2) is 57.8 Å². The lowest BCUT2D eigenvalue weighted by Gasteiger charge is -2.11. The molecule has 1 aromatic heterocycles. The van der Waals surface area contributed by atoms with Gasteiger partial charge in [-0.25, -0.2) is 13.1 Å². The normalized spacial score (nSPS) is 11.5. The predicted octanol–water partition coefficient (Wildman–Crippen LogP) is 2.93. The topological polar surface area (TPSA) is 79.6 Å². The third-order valence-corrected chi connectivity index (χ3v) is 5.15. The van der Waals surface area contributed by atoms with E-state index in [4.69, 9.17) is 4.42 Å². The van der Waals surface area contributed by atoms with Crippen LogP contribution < -0.4 is 9.62 Å². The van der Waals surface area contributed by atoms with E-state index in [1.54, 1.807) is 18.2 Å². The maximum atomic E-state index is 12.3. The Morgan fingerprint density at radius 2 is 1.72 bits per heavy atom. The summed E-state index contributed by atoms with van der Waals surface area (Å²) >= 11 is 0. The highest BCUT2D eigenvalue weighted by atomic mass is 32.2. The molecule has 0 atom stereocenters. The molecule has 3 rings (SSSR count). The van der Waals surface area contributed by atoms with Gasteiger partial charge in [0.15, 0.2) is 5.76 Å². The van der Waals surface area contributed by atoms with Crippen LogP contribution in [-0.4, -0.2) is 28.4 Å². The Bertz CT molecular complexity index is 1030. The molecule has 0 bridgehead atoms. The van der Waals surface area contributed by atoms with Crippen molar-refractivity contribution in [3.8, 4) is 0 Å². The molecule has 0 aliphatic carbocycles. The van der Waals surface area contributed by atoms with E-state index >= 15 is 0 Å². The van der Waals surface area contributed by atoms with E-state index in [1.165, 1.54) is 18.2 Å². The summed E-state index contributed by atoms with van der Waals surface area (Å²) in [5.41, 5.74) is 2.37. The van der Waals surface area contributed by atoms with Gasteiger partial charge in [0.25, 0.3) is 10.0 Å². The molecule has 2 aromatic carbocycles. The second kappa shape index (κ2) is 6.25. The smallest absolute Gasteiger partial charge is 0.300 e. The van der Waals surface area contributed by atoms with Crippen molar-refractivity contribution in [1.82, 2.24) is 4.72 Å². The van der Waals surface area contributed by atoms with Crippen molar-refractivity contribution in [3.05, 3.63) is 59.9 Å². The largest absolute Gasteiger partial charge is 0.451 e. The molecule has 0 saturated heterocycles. The fraction of sp³-hybridized carbons (Fsp3) is 0.167. The molecule has 3 aromatic rings. The number of anilines is 1. The minimum absolute atomic E-state index is 0.0254. The van der Waals surface area contributed by atoms with Gasteiger partial charge >= 0.3 is 5.91 Å². The van der Waals surface area contributed by atoms with Gasteiger partial charge in [-0.15, -0.1) is 0 Å². The second-order valence-electron chi connectivity index (χ2n) is 5.97. The van der Waals surface area contributed by atoms with Crippen LogP contribution in [0.4, 0.5) is 5.69 Å². The van der Waals surface area contributed by atoms with Crippen LogP contribution in [-0.2, 0) is 10.0 Å². The third kappa shape index (κ3) is 3.51. The highest BCUT2D eigenvalue weighted by Crippen LogP contribution is 2.24. The van der Waals surface area contributed by atoms with Crippen LogP contribution in [0, 0.1) is 6.92 Å². The van der Waals surface area contributed by atoms with E-state index < -0.39 is 15.9 Å². The van der Waals surface area contributed by atoms with Gasteiger partial charge in [-0.3, -0.25) is 4.79 Å². The van der Waals surface area contributed by atoms with Crippen molar-refractivity contribution in [3.63, 3.8) is 0 Å². The third-order valence-electron chi connectivity index (χ3n) is 3.80. The molecular formula is C18H18N2O4S. The Kier molecular flexibility index (Phi) is 4.26. The zero-order valence-corrected chi connectivity index (χ0v) is 14.9. The average molecular weight is 358 g/mol. The molecule has 0 aliphatic heterocycles. The van der Waals surface area contributed by atoms with Gasteiger partial charge in [0.2, 0.25) is 0 Å². The molecule has 25 heavy (non-hydrogen) atoms. The molecule has 6 nitrogen and oxygen atoms in total. The highest BCUT2D eigenvalue weighted by Gasteiger charge is 2.21. The summed E-state index contributed by atoms with van der Waals surface area (Å²) in [4.78, 5) is 14.2. The number of nitrogens with zero attached hydrogens (tertiary/aromatic N) is 1. The zero-order chi connectivity index (χ0) is 18.2. The van der Waals surface area contributed by atoms with E-state index in [0.29, 0.717) is 5.58 Å². The molecule has 1 heterocycles. The van der Waals surface area contributed by atoms with Crippen molar-refractivity contribution in [2.75, 3.05) is 19.0 Å². The lowest BCUT2D eigenvalue weighted by molar-refractivity contribution is 0.0956. The summed E-state index contributed by atoms with van der Waals surface area (Å²) in [6.45, 7) is 1.85. The standard InChI is InChI=1S/C18H18N2O4S/c1-12-4-8-15(9-5-12)25(22,23)19-18(21)17-10-13-6-7-14(20(2)3)11-16(13)24-17/h4-11H,1-3H3,(H,19,21). The number of furan rings is 1. The van der Waals surface area contributed by atoms with Gasteiger partial charge < -0.3 is 9.32 Å². The molecule has 130 valence electrons. The highest BCUT2D eigenvalue weighted by molar-refractivity contribution is 7.90. The number of fused-ring (bicyclic) bond motifs is 1. The summed E-state index contributed by atoms with van der Waals surface area (Å²) in [6, 6.07) is 13.3. The average Bonchev–Trinajstić information content (AvgIpc) is 2.98. The van der Waals surface area contributed by atoms with Crippen LogP contribution in [0.5, 0.6) is 0 Å². The first-order valence-corrected chi connectivity index (χ1v) is 9.09. The first kappa shape index (κ1) is 17.0. The van der Waals surface area contributed by atoms with Crippen LogP contribution in [0.1, 0.15) is 16.1 Å². The van der Waals surface area contributed by atoms with E-state index in [9.17, 15) is 13.2 Å². The van der Waals surface area contributed by atoms with Crippen molar-refractivity contribution in [2.45, 2.75) is 11.8 Å². The van der Waals surface area contributed by atoms with Crippen LogP contribution in [0.2, 0.25) is 0 Å². The Hall–Kier alpha value is -2.80. The van der Waals surface area contributed by atoms with E-state index in [0.717, 1.165) is 16.6 Å². The lowest BCUT2D eigenvalue weighted by atomic mass is 10.2. The molecule has 0 aliphatic rings. The Morgan fingerprint density at radius 1 is 1.04 bits per heavy atom. The number of aryl methyl sites for hydroxylation is 1. The number of benzene rings is 2. The number of sulfonamides is 1. The maximum absolute atomic E-state index is 12.3. The van der Waals surface area contributed by atoms with Crippen LogP contribution in [0.3, 0.4) is 0 Å². The van der Waals surface area contributed by atoms with Crippen molar-refractivity contribution in [1.29, 1.82) is 0 Å². The molecule has 1 N–H and O–H groups in total. The molecule has 0 fully saturated rings. The Labute approximate surface area is 146 Å². The SMILES string of the molecule is Cc1ccc(S(=O)(=O)NC(=O)c2cc3ccc(N(C)C)cc3o2)cc1. The first-order valence-electron chi connectivity index (χ1n) is 7.61. The van der Waals surface area contributed by atoms with Gasteiger partial charge in [0.1, 0.15) is 5.58 Å². The number of rotatable bonds is 4. The molecule has 0 unspecified atom stereocenters. The number of carbonyl (C=O) groups excluding carboxylic acids is 1. The van der Waals surface area contributed by atoms with Gasteiger partial charge in [0, 0.05) is 31.2 Å². The van der Waals surface area contributed by atoms with E-state index in [-0.39, 0.29) is 10.7 Å². The second-order valence-corrected chi connectivity index (χ2v) is 7.66. The Morgan fingerprint density at radius 3 is 2.36 bits per heavy atom. The molecule has 0 saturated carbocycles. The maximum Gasteiger partial charge on any atom is 0.300 e. The quantitative estimate of drug-likeness (QED) is 0.776. The van der Waals surface area contributed by atoms with Crippen LogP contribution >= 0.6 is 0 Å². The summed E-state index contributed by atoms with van der Waals surface area (Å²) in [5, 5.41) is 0.725. The first-order chi connectivity index (χ1) is 11.8. The molecule has 0 spiro atoms. The van der Waals surface area contributed by atoms with Gasteiger partial charge in [-0.1, -0.05) is 17.7 Å². The minimum atomic E-state index is -3.95. The number of nitrogens with one attached hydrogen (secondary N) is 1. The fourth-order valence-corrected chi connectivity index (χ4v) is 3.32.